The molecule has 0 bridgehead atoms. The summed E-state index contributed by atoms with van der Waals surface area (Å²) in [6, 6.07) is -1.37. The number of aromatic nitrogens is 2. The summed E-state index contributed by atoms with van der Waals surface area (Å²) in [5.41, 5.74) is 4.33. The van der Waals surface area contributed by atoms with Gasteiger partial charge in [-0.15, -0.1) is 0 Å². The number of hydrogen-bond donors (Lipinski definition) is 1. The smallest absolute Gasteiger partial charge is 0.327 e. The predicted octanol–water partition coefficient (Wildman–Crippen LogP) is -0.572. The second-order valence-corrected chi connectivity index (χ2v) is 5.56. The van der Waals surface area contributed by atoms with E-state index in [2.05, 4.69) is 0 Å². The lowest BCUT2D eigenvalue weighted by molar-refractivity contribution is -0.197. The molecular weight excluding hydrogens is 317 g/mol. The Bertz CT molecular complexity index is 710. The average molecular weight is 334 g/mol. The van der Waals surface area contributed by atoms with Gasteiger partial charge in [0.05, 0.1) is 0 Å². The molecule has 2 heterocycles. The van der Waals surface area contributed by atoms with Gasteiger partial charge in [-0.05, 0) is 12.8 Å². The molecule has 128 valence electrons. The summed E-state index contributed by atoms with van der Waals surface area (Å²) in [4.78, 5) is 36.1. The summed E-state index contributed by atoms with van der Waals surface area (Å²) in [5, 5.41) is 0. The van der Waals surface area contributed by atoms with Crippen LogP contribution in [0, 0.1) is 0 Å². The molecule has 1 saturated heterocycles. The quantitative estimate of drug-likeness (QED) is 0.784. The normalized spacial score (nSPS) is 22.2. The Hall–Kier alpha value is -2.10. The van der Waals surface area contributed by atoms with Gasteiger partial charge >= 0.3 is 11.9 Å². The number of piperidine rings is 1. The number of carbonyl (C=O) groups is 1. The topological polar surface area (TPSA) is 90.3 Å². The fraction of sp³-hybridized carbons (Fsp3) is 0.615. The maximum atomic E-state index is 13.1. The Balaban J connectivity index is 2.26. The molecule has 0 spiro atoms. The van der Waals surface area contributed by atoms with E-state index in [1.54, 1.807) is 0 Å². The van der Waals surface area contributed by atoms with Crippen molar-refractivity contribution in [2.45, 2.75) is 37.6 Å². The van der Waals surface area contributed by atoms with E-state index in [9.17, 15) is 27.6 Å². The van der Waals surface area contributed by atoms with Gasteiger partial charge in [-0.1, -0.05) is 0 Å². The second kappa shape index (κ2) is 6.19. The summed E-state index contributed by atoms with van der Waals surface area (Å²) < 4.78 is 40.9. The molecule has 1 aromatic rings. The fourth-order valence-electron chi connectivity index (χ4n) is 2.59. The van der Waals surface area contributed by atoms with Crippen LogP contribution in [0.2, 0.25) is 0 Å². The number of nitrogens with zero attached hydrogens (tertiary/aromatic N) is 3. The summed E-state index contributed by atoms with van der Waals surface area (Å²) in [5.74, 6) is -0.858. The summed E-state index contributed by atoms with van der Waals surface area (Å²) in [6.45, 7) is -0.796. The standard InChI is InChI=1S/C13H17F3N4O3/c1-18-10(21)4-5-19(12(18)23)7-11(22)20-6-8(17)2-3-9(20)13(14,15)16/h4-5,8-9H,2-3,6-7,17H2,1H3. The van der Waals surface area contributed by atoms with Crippen molar-refractivity contribution in [1.82, 2.24) is 14.0 Å². The Labute approximate surface area is 129 Å². The third-order valence-electron chi connectivity index (χ3n) is 3.88. The fourth-order valence-corrected chi connectivity index (χ4v) is 2.59. The lowest BCUT2D eigenvalue weighted by atomic mass is 9.98. The lowest BCUT2D eigenvalue weighted by Gasteiger charge is -2.39. The van der Waals surface area contributed by atoms with E-state index in [1.807, 2.05) is 0 Å². The van der Waals surface area contributed by atoms with Crippen LogP contribution >= 0.6 is 0 Å². The molecule has 0 aromatic carbocycles. The van der Waals surface area contributed by atoms with Gasteiger partial charge in [-0.2, -0.15) is 13.2 Å². The van der Waals surface area contributed by atoms with Crippen molar-refractivity contribution in [3.05, 3.63) is 33.1 Å². The van der Waals surface area contributed by atoms with Crippen LogP contribution in [0.15, 0.2) is 21.9 Å². The molecule has 2 unspecified atom stereocenters. The van der Waals surface area contributed by atoms with Gasteiger partial charge in [-0.25, -0.2) is 4.79 Å². The molecule has 0 radical (unpaired) electrons. The highest BCUT2D eigenvalue weighted by molar-refractivity contribution is 5.76. The van der Waals surface area contributed by atoms with Gasteiger partial charge < -0.3 is 10.6 Å². The Kier molecular flexibility index (Phi) is 4.64. The Morgan fingerprint density at radius 2 is 2.00 bits per heavy atom. The average Bonchev–Trinajstić information content (AvgIpc) is 2.46. The highest BCUT2D eigenvalue weighted by Crippen LogP contribution is 2.31. The van der Waals surface area contributed by atoms with E-state index < -0.39 is 42.0 Å². The SMILES string of the molecule is Cn1c(=O)ccn(CC(=O)N2CC(N)CCC2C(F)(F)F)c1=O. The molecule has 1 aliphatic rings. The molecular formula is C13H17F3N4O3. The second-order valence-electron chi connectivity index (χ2n) is 5.56. The number of carbonyl (C=O) groups excluding carboxylic acids is 1. The van der Waals surface area contributed by atoms with E-state index in [0.29, 0.717) is 4.90 Å². The molecule has 2 rings (SSSR count). The molecule has 2 atom stereocenters. The van der Waals surface area contributed by atoms with Gasteiger partial charge in [0, 0.05) is 31.9 Å². The number of nitrogens with two attached hydrogens (primary N) is 1. The van der Waals surface area contributed by atoms with E-state index in [1.165, 1.54) is 7.05 Å². The Morgan fingerprint density at radius 3 is 2.61 bits per heavy atom. The monoisotopic (exact) mass is 334 g/mol. The number of amides is 1. The molecule has 1 fully saturated rings. The largest absolute Gasteiger partial charge is 0.408 e. The Morgan fingerprint density at radius 1 is 1.35 bits per heavy atom. The van der Waals surface area contributed by atoms with Crippen molar-refractivity contribution >= 4 is 5.91 Å². The maximum Gasteiger partial charge on any atom is 0.408 e. The van der Waals surface area contributed by atoms with Crippen LogP contribution in [0.25, 0.3) is 0 Å². The first-order valence-electron chi connectivity index (χ1n) is 6.99. The van der Waals surface area contributed by atoms with Crippen molar-refractivity contribution in [3.8, 4) is 0 Å². The number of likely N-dealkylation sites (tertiary alicyclic amines) is 1. The molecule has 2 N–H and O–H groups in total. The summed E-state index contributed by atoms with van der Waals surface area (Å²) >= 11 is 0. The van der Waals surface area contributed by atoms with Crippen molar-refractivity contribution in [1.29, 1.82) is 0 Å². The minimum absolute atomic E-state index is 0.174. The van der Waals surface area contributed by atoms with Gasteiger partial charge in [0.25, 0.3) is 5.56 Å². The van der Waals surface area contributed by atoms with Crippen LogP contribution in [0.3, 0.4) is 0 Å². The van der Waals surface area contributed by atoms with E-state index in [-0.39, 0.29) is 19.4 Å². The van der Waals surface area contributed by atoms with Gasteiger partial charge in [0.1, 0.15) is 12.6 Å². The van der Waals surface area contributed by atoms with Crippen molar-refractivity contribution in [3.63, 3.8) is 0 Å². The third-order valence-corrected chi connectivity index (χ3v) is 3.88. The van der Waals surface area contributed by atoms with Crippen LogP contribution in [-0.4, -0.2) is 44.7 Å². The molecule has 7 nitrogen and oxygen atoms in total. The molecule has 1 aliphatic heterocycles. The zero-order valence-electron chi connectivity index (χ0n) is 12.4. The highest BCUT2D eigenvalue weighted by atomic mass is 19.4. The van der Waals surface area contributed by atoms with Crippen LogP contribution in [0.4, 0.5) is 13.2 Å². The molecule has 0 aliphatic carbocycles. The van der Waals surface area contributed by atoms with Gasteiger partial charge in [0.2, 0.25) is 5.91 Å². The first-order chi connectivity index (χ1) is 10.6. The minimum Gasteiger partial charge on any atom is -0.327 e. The molecule has 10 heteroatoms. The predicted molar refractivity (Wildman–Crippen MR) is 74.7 cm³/mol. The van der Waals surface area contributed by atoms with E-state index >= 15 is 0 Å². The highest BCUT2D eigenvalue weighted by Gasteiger charge is 2.47. The minimum atomic E-state index is -4.55. The van der Waals surface area contributed by atoms with Gasteiger partial charge in [-0.3, -0.25) is 18.7 Å². The van der Waals surface area contributed by atoms with Crippen LogP contribution in [0.5, 0.6) is 0 Å². The zero-order valence-corrected chi connectivity index (χ0v) is 12.4. The first-order valence-corrected chi connectivity index (χ1v) is 6.99. The van der Waals surface area contributed by atoms with Crippen molar-refractivity contribution < 1.29 is 18.0 Å². The first kappa shape index (κ1) is 17.3. The van der Waals surface area contributed by atoms with Crippen LogP contribution in [0.1, 0.15) is 12.8 Å². The number of hydrogen-bond acceptors (Lipinski definition) is 4. The number of rotatable bonds is 2. The van der Waals surface area contributed by atoms with E-state index in [0.717, 1.165) is 21.4 Å². The molecule has 1 amide bonds. The molecule has 0 saturated carbocycles. The van der Waals surface area contributed by atoms with Gasteiger partial charge in [0.15, 0.2) is 0 Å². The lowest BCUT2D eigenvalue weighted by Crippen LogP contribution is -2.57. The summed E-state index contributed by atoms with van der Waals surface area (Å²) in [6.07, 6.45) is -3.55. The summed E-state index contributed by atoms with van der Waals surface area (Å²) in [7, 11) is 1.22. The zero-order chi connectivity index (χ0) is 17.4. The third kappa shape index (κ3) is 3.63. The van der Waals surface area contributed by atoms with Crippen molar-refractivity contribution in [2.24, 2.45) is 12.8 Å². The molecule has 1 aromatic heterocycles. The number of alkyl halides is 3. The van der Waals surface area contributed by atoms with Crippen molar-refractivity contribution in [2.75, 3.05) is 6.54 Å². The van der Waals surface area contributed by atoms with Crippen LogP contribution < -0.4 is 17.0 Å². The molecule has 23 heavy (non-hydrogen) atoms. The number of halogens is 3. The van der Waals surface area contributed by atoms with Crippen LogP contribution in [-0.2, 0) is 18.4 Å². The van der Waals surface area contributed by atoms with E-state index in [4.69, 9.17) is 5.73 Å². The maximum absolute atomic E-state index is 13.1.